The largest absolute Gasteiger partial charge is 0.457 e. The van der Waals surface area contributed by atoms with Crippen LogP contribution in [-0.4, -0.2) is 14.5 Å². The van der Waals surface area contributed by atoms with Crippen molar-refractivity contribution in [3.8, 4) is 73.1 Å². The van der Waals surface area contributed by atoms with Crippen LogP contribution in [0, 0.1) is 0 Å². The molecular formula is C66H39N3O. The van der Waals surface area contributed by atoms with Crippen LogP contribution in [0.3, 0.4) is 0 Å². The minimum Gasteiger partial charge on any atom is -0.457 e. The maximum Gasteiger partial charge on any atom is 0.132 e. The summed E-state index contributed by atoms with van der Waals surface area (Å²) in [5.74, 6) is 1.67. The molecule has 324 valence electrons. The van der Waals surface area contributed by atoms with Crippen molar-refractivity contribution in [3.63, 3.8) is 0 Å². The predicted molar refractivity (Wildman–Crippen MR) is 281 cm³/mol. The van der Waals surface area contributed by atoms with Gasteiger partial charge in [0.1, 0.15) is 11.5 Å². The molecule has 0 radical (unpaired) electrons. The van der Waals surface area contributed by atoms with Crippen molar-refractivity contribution < 1.29 is 4.74 Å². The molecule has 4 nitrogen and oxygen atoms in total. The lowest BCUT2D eigenvalue weighted by Gasteiger charge is -2.40. The molecular weight excluding hydrogens is 851 g/mol. The van der Waals surface area contributed by atoms with Gasteiger partial charge in [0.05, 0.1) is 33.3 Å². The van der Waals surface area contributed by atoms with Crippen molar-refractivity contribution in [2.24, 2.45) is 0 Å². The van der Waals surface area contributed by atoms with Gasteiger partial charge in [-0.25, -0.2) is 0 Å². The van der Waals surface area contributed by atoms with Crippen LogP contribution in [0.5, 0.6) is 11.5 Å². The van der Waals surface area contributed by atoms with E-state index in [0.29, 0.717) is 0 Å². The molecule has 3 aliphatic carbocycles. The monoisotopic (exact) mass is 889 g/mol. The molecule has 0 fully saturated rings. The number of nitrogens with zero attached hydrogens (tertiary/aromatic N) is 3. The van der Waals surface area contributed by atoms with E-state index in [9.17, 15) is 0 Å². The summed E-state index contributed by atoms with van der Waals surface area (Å²) < 4.78 is 9.84. The molecule has 4 heteroatoms. The minimum absolute atomic E-state index is 0.528. The third kappa shape index (κ3) is 4.70. The third-order valence-electron chi connectivity index (χ3n) is 16.0. The molecule has 1 aliphatic heterocycles. The molecule has 1 unspecified atom stereocenters. The van der Waals surface area contributed by atoms with Gasteiger partial charge in [0.2, 0.25) is 0 Å². The molecule has 4 aliphatic rings. The van der Waals surface area contributed by atoms with E-state index in [0.717, 1.165) is 73.1 Å². The third-order valence-corrected chi connectivity index (χ3v) is 16.0. The Morgan fingerprint density at radius 2 is 0.900 bits per heavy atom. The van der Waals surface area contributed by atoms with Gasteiger partial charge in [0.15, 0.2) is 0 Å². The average Bonchev–Trinajstić information content (AvgIpc) is 4.13. The number of aromatic nitrogens is 3. The van der Waals surface area contributed by atoms with E-state index in [1.165, 1.54) is 66.3 Å². The summed E-state index contributed by atoms with van der Waals surface area (Å²) in [5.41, 5.74) is 22.8. The standard InChI is InChI=1S/C66H39N3O/c1-2-16-40(17-3-1)42-31-32-54-61(36-42)70-62-38-56-50(47-22-6-11-27-53(47)65(56)51-25-9-4-20-45(51)46-21-5-10-26-52(46)65)37-57(62)66(54)55-28-15-33-67-63(55)64-58(66)35-43(39-68-64)41-18-14-19-44(34-41)69-59-29-12-7-23-48(59)49-24-8-13-30-60(49)69/h1-39H. The zero-order valence-electron chi connectivity index (χ0n) is 37.8. The van der Waals surface area contributed by atoms with Crippen LogP contribution in [-0.2, 0) is 10.8 Å². The lowest BCUT2D eigenvalue weighted by Crippen LogP contribution is -2.33. The van der Waals surface area contributed by atoms with Crippen LogP contribution in [0.4, 0.5) is 0 Å². The second kappa shape index (κ2) is 13.7. The Hall–Kier alpha value is -9.12. The van der Waals surface area contributed by atoms with Gasteiger partial charge in [-0.15, -0.1) is 0 Å². The molecule has 12 aromatic rings. The molecule has 0 amide bonds. The number of ether oxygens (including phenoxy) is 1. The molecule has 0 saturated carbocycles. The highest BCUT2D eigenvalue weighted by Crippen LogP contribution is 2.67. The molecule has 4 heterocycles. The first-order valence-electron chi connectivity index (χ1n) is 24.1. The molecule has 70 heavy (non-hydrogen) atoms. The number of fused-ring (bicyclic) bond motifs is 22. The van der Waals surface area contributed by atoms with Gasteiger partial charge in [-0.2, -0.15) is 0 Å². The number of benzene rings is 9. The van der Waals surface area contributed by atoms with Crippen LogP contribution in [0.2, 0.25) is 0 Å². The molecule has 0 N–H and O–H groups in total. The maximum absolute atomic E-state index is 7.46. The predicted octanol–water partition coefficient (Wildman–Crippen LogP) is 15.7. The van der Waals surface area contributed by atoms with Crippen molar-refractivity contribution in [2.45, 2.75) is 10.8 Å². The zero-order chi connectivity index (χ0) is 45.7. The van der Waals surface area contributed by atoms with E-state index in [1.54, 1.807) is 0 Å². The summed E-state index contributed by atoms with van der Waals surface area (Å²) in [5, 5.41) is 2.48. The fourth-order valence-electron chi connectivity index (χ4n) is 13.2. The molecule has 9 aromatic carbocycles. The molecule has 0 bridgehead atoms. The molecule has 3 aromatic heterocycles. The van der Waals surface area contributed by atoms with E-state index < -0.39 is 10.8 Å². The van der Waals surface area contributed by atoms with Crippen LogP contribution < -0.4 is 4.74 Å². The van der Waals surface area contributed by atoms with Crippen molar-refractivity contribution in [1.82, 2.24) is 14.5 Å². The van der Waals surface area contributed by atoms with Crippen LogP contribution in [0.1, 0.15) is 44.5 Å². The molecule has 1 atom stereocenters. The first-order chi connectivity index (χ1) is 34.7. The Morgan fingerprint density at radius 3 is 1.63 bits per heavy atom. The van der Waals surface area contributed by atoms with Crippen molar-refractivity contribution >= 4 is 21.8 Å². The normalized spacial score (nSPS) is 15.7. The van der Waals surface area contributed by atoms with Gasteiger partial charge in [-0.1, -0.05) is 170 Å². The number of rotatable bonds is 3. The lowest BCUT2D eigenvalue weighted by atomic mass is 9.64. The number of pyridine rings is 2. The van der Waals surface area contributed by atoms with Crippen LogP contribution in [0.15, 0.2) is 237 Å². The highest BCUT2D eigenvalue weighted by Gasteiger charge is 2.56. The van der Waals surface area contributed by atoms with Crippen molar-refractivity contribution in [1.29, 1.82) is 0 Å². The fraction of sp³-hybridized carbons (Fsp3) is 0.0303. The summed E-state index contributed by atoms with van der Waals surface area (Å²) >= 11 is 0. The first kappa shape index (κ1) is 37.9. The number of para-hydroxylation sites is 2. The number of hydrogen-bond acceptors (Lipinski definition) is 3. The van der Waals surface area contributed by atoms with E-state index >= 15 is 0 Å². The fourth-order valence-corrected chi connectivity index (χ4v) is 13.2. The quantitative estimate of drug-likeness (QED) is 0.177. The van der Waals surface area contributed by atoms with Gasteiger partial charge in [0.25, 0.3) is 0 Å². The summed E-state index contributed by atoms with van der Waals surface area (Å²) in [6, 6.07) is 82.4. The zero-order valence-corrected chi connectivity index (χ0v) is 37.8. The Labute approximate surface area is 404 Å². The summed E-state index contributed by atoms with van der Waals surface area (Å²) in [6.45, 7) is 0. The van der Waals surface area contributed by atoms with Gasteiger partial charge in [-0.05, 0) is 121 Å². The lowest BCUT2D eigenvalue weighted by molar-refractivity contribution is 0.435. The van der Waals surface area contributed by atoms with Gasteiger partial charge in [-0.3, -0.25) is 9.97 Å². The van der Waals surface area contributed by atoms with E-state index in [2.05, 4.69) is 229 Å². The Kier molecular flexibility index (Phi) is 7.45. The van der Waals surface area contributed by atoms with E-state index in [1.807, 2.05) is 12.4 Å². The molecule has 0 saturated heterocycles. The first-order valence-corrected chi connectivity index (χ1v) is 24.1. The molecule has 2 spiro atoms. The van der Waals surface area contributed by atoms with Gasteiger partial charge < -0.3 is 9.30 Å². The van der Waals surface area contributed by atoms with Crippen LogP contribution >= 0.6 is 0 Å². The van der Waals surface area contributed by atoms with Crippen molar-refractivity contribution in [2.75, 3.05) is 0 Å². The Bertz CT molecular complexity index is 4140. The summed E-state index contributed by atoms with van der Waals surface area (Å²) in [6.07, 6.45) is 3.95. The van der Waals surface area contributed by atoms with Gasteiger partial charge >= 0.3 is 0 Å². The summed E-state index contributed by atoms with van der Waals surface area (Å²) in [7, 11) is 0. The Morgan fingerprint density at radius 1 is 0.329 bits per heavy atom. The van der Waals surface area contributed by atoms with E-state index in [4.69, 9.17) is 14.7 Å². The minimum atomic E-state index is -0.824. The van der Waals surface area contributed by atoms with E-state index in [-0.39, 0.29) is 0 Å². The maximum atomic E-state index is 7.46. The second-order valence-electron chi connectivity index (χ2n) is 19.1. The van der Waals surface area contributed by atoms with Gasteiger partial charge in [0, 0.05) is 51.1 Å². The summed E-state index contributed by atoms with van der Waals surface area (Å²) in [4.78, 5) is 10.6. The molecule has 16 rings (SSSR count). The smallest absolute Gasteiger partial charge is 0.132 e. The average molecular weight is 890 g/mol. The highest BCUT2D eigenvalue weighted by atomic mass is 16.5. The van der Waals surface area contributed by atoms with Crippen molar-refractivity contribution in [3.05, 3.63) is 281 Å². The second-order valence-corrected chi connectivity index (χ2v) is 19.1. The van der Waals surface area contributed by atoms with Crippen LogP contribution in [0.25, 0.3) is 83.4 Å². The topological polar surface area (TPSA) is 39.9 Å². The number of hydrogen-bond donors (Lipinski definition) is 0. The SMILES string of the molecule is c1ccc(-c2ccc3c(c2)Oc2cc4c(cc2C32c3cccnc3-c3ncc(-c5cccc(-n6c7ccccc7c7ccccc76)c5)cc32)-c2ccccc2C42c3ccccc3-c3ccccc32)cc1. The highest BCUT2D eigenvalue weighted by molar-refractivity contribution is 6.09. The Balaban J connectivity index is 0.977.